The highest BCUT2D eigenvalue weighted by Gasteiger charge is 2.29. The monoisotopic (exact) mass is 284 g/mol. The van der Waals surface area contributed by atoms with Crippen LogP contribution in [0.15, 0.2) is 21.2 Å². The van der Waals surface area contributed by atoms with Gasteiger partial charge in [0.2, 0.25) is 0 Å². The number of likely N-dealkylation sites (tertiary alicyclic amines) is 1. The van der Waals surface area contributed by atoms with E-state index in [0.717, 1.165) is 29.6 Å². The van der Waals surface area contributed by atoms with E-state index in [1.54, 1.807) is 0 Å². The van der Waals surface area contributed by atoms with Crippen LogP contribution in [-0.4, -0.2) is 30.1 Å². The largest absolute Gasteiger partial charge is 0.453 e. The molecule has 0 aliphatic carbocycles. The molecule has 1 aromatic heterocycles. The Balaban J connectivity index is 1.63. The maximum atomic E-state index is 5.56. The zero-order chi connectivity index (χ0) is 11.0. The summed E-state index contributed by atoms with van der Waals surface area (Å²) in [5, 5.41) is 3.69. The van der Waals surface area contributed by atoms with Gasteiger partial charge in [-0.1, -0.05) is 0 Å². The summed E-state index contributed by atoms with van der Waals surface area (Å²) < 4.78 is 6.39. The lowest BCUT2D eigenvalue weighted by molar-refractivity contribution is 0.230. The highest BCUT2D eigenvalue weighted by molar-refractivity contribution is 9.10. The van der Waals surface area contributed by atoms with E-state index in [0.29, 0.717) is 6.04 Å². The molecule has 3 heterocycles. The summed E-state index contributed by atoms with van der Waals surface area (Å²) in [5.41, 5.74) is 0. The lowest BCUT2D eigenvalue weighted by Gasteiger charge is -2.22. The number of rotatable bonds is 2. The number of hydrogen-bond donors (Lipinski definition) is 1. The van der Waals surface area contributed by atoms with Crippen molar-refractivity contribution in [2.45, 2.75) is 37.9 Å². The Kier molecular flexibility index (Phi) is 3.05. The van der Waals surface area contributed by atoms with Crippen LogP contribution in [0.3, 0.4) is 0 Å². The first-order chi connectivity index (χ1) is 7.79. The Morgan fingerprint density at radius 1 is 1.31 bits per heavy atom. The number of nitrogens with zero attached hydrogens (tertiary/aromatic N) is 1. The fourth-order valence-corrected chi connectivity index (χ4v) is 3.16. The highest BCUT2D eigenvalue weighted by atomic mass is 79.9. The van der Waals surface area contributed by atoms with Crippen molar-refractivity contribution in [1.29, 1.82) is 0 Å². The van der Waals surface area contributed by atoms with Gasteiger partial charge < -0.3 is 9.73 Å². The van der Waals surface area contributed by atoms with E-state index in [2.05, 4.69) is 32.2 Å². The van der Waals surface area contributed by atoms with Gasteiger partial charge in [0.15, 0.2) is 4.67 Å². The fourth-order valence-electron chi connectivity index (χ4n) is 2.82. The highest BCUT2D eigenvalue weighted by Crippen LogP contribution is 2.22. The first-order valence-corrected chi connectivity index (χ1v) is 6.81. The second kappa shape index (κ2) is 4.51. The normalized spacial score (nSPS) is 30.6. The molecule has 3 nitrogen and oxygen atoms in total. The predicted octanol–water partition coefficient (Wildman–Crippen LogP) is 2.37. The summed E-state index contributed by atoms with van der Waals surface area (Å²) in [6.07, 6.45) is 3.98. The quantitative estimate of drug-likeness (QED) is 0.904. The number of fused-ring (bicyclic) bond motifs is 2. The van der Waals surface area contributed by atoms with Gasteiger partial charge in [-0.25, -0.2) is 0 Å². The summed E-state index contributed by atoms with van der Waals surface area (Å²) in [5.74, 6) is 1.06. The van der Waals surface area contributed by atoms with Gasteiger partial charge in [-0.05, 0) is 47.3 Å². The van der Waals surface area contributed by atoms with E-state index in [4.69, 9.17) is 4.42 Å². The summed E-state index contributed by atoms with van der Waals surface area (Å²) in [4.78, 5) is 2.50. The van der Waals surface area contributed by atoms with Crippen LogP contribution in [-0.2, 0) is 6.54 Å². The number of furan rings is 1. The van der Waals surface area contributed by atoms with Gasteiger partial charge in [0.05, 0.1) is 6.54 Å². The third-order valence-electron chi connectivity index (χ3n) is 3.62. The molecule has 2 unspecified atom stereocenters. The van der Waals surface area contributed by atoms with E-state index in [9.17, 15) is 0 Å². The van der Waals surface area contributed by atoms with E-state index < -0.39 is 0 Å². The summed E-state index contributed by atoms with van der Waals surface area (Å²) in [6.45, 7) is 3.29. The van der Waals surface area contributed by atoms with E-state index in [1.165, 1.54) is 25.8 Å². The topological polar surface area (TPSA) is 28.4 Å². The Bertz CT molecular complexity index is 366. The minimum Gasteiger partial charge on any atom is -0.453 e. The standard InChI is InChI=1S/C12H17BrN2O/c13-12-4-3-11(16-12)8-15-6-5-9-1-2-10(7-15)14-9/h3-4,9-10,14H,1-2,5-8H2. The van der Waals surface area contributed by atoms with Crippen molar-refractivity contribution < 1.29 is 4.42 Å². The van der Waals surface area contributed by atoms with Gasteiger partial charge in [-0.3, -0.25) is 4.90 Å². The van der Waals surface area contributed by atoms with Crippen molar-refractivity contribution >= 4 is 15.9 Å². The van der Waals surface area contributed by atoms with Crippen molar-refractivity contribution in [3.63, 3.8) is 0 Å². The van der Waals surface area contributed by atoms with E-state index >= 15 is 0 Å². The Labute approximate surface area is 104 Å². The van der Waals surface area contributed by atoms with Crippen LogP contribution in [0.4, 0.5) is 0 Å². The molecule has 2 aliphatic heterocycles. The molecule has 3 rings (SSSR count). The average Bonchev–Trinajstić information content (AvgIpc) is 2.77. The van der Waals surface area contributed by atoms with Crippen LogP contribution in [0.25, 0.3) is 0 Å². The second-order valence-electron chi connectivity index (χ2n) is 4.87. The number of nitrogens with one attached hydrogen (secondary N) is 1. The van der Waals surface area contributed by atoms with E-state index in [-0.39, 0.29) is 0 Å². The third-order valence-corrected chi connectivity index (χ3v) is 4.04. The maximum absolute atomic E-state index is 5.56. The van der Waals surface area contributed by atoms with Gasteiger partial charge >= 0.3 is 0 Å². The number of halogens is 1. The lowest BCUT2D eigenvalue weighted by Crippen LogP contribution is -2.34. The van der Waals surface area contributed by atoms with Crippen LogP contribution in [0, 0.1) is 0 Å². The van der Waals surface area contributed by atoms with Crippen molar-refractivity contribution in [3.8, 4) is 0 Å². The molecule has 2 saturated heterocycles. The van der Waals surface area contributed by atoms with Gasteiger partial charge in [-0.15, -0.1) is 0 Å². The Hall–Kier alpha value is -0.320. The average molecular weight is 285 g/mol. The molecule has 88 valence electrons. The molecule has 0 radical (unpaired) electrons. The zero-order valence-electron chi connectivity index (χ0n) is 9.29. The van der Waals surface area contributed by atoms with Crippen LogP contribution >= 0.6 is 15.9 Å². The molecule has 0 saturated carbocycles. The van der Waals surface area contributed by atoms with Crippen LogP contribution in [0.5, 0.6) is 0 Å². The second-order valence-corrected chi connectivity index (χ2v) is 5.65. The predicted molar refractivity (Wildman–Crippen MR) is 66.2 cm³/mol. The fraction of sp³-hybridized carbons (Fsp3) is 0.667. The van der Waals surface area contributed by atoms with Gasteiger partial charge in [0.25, 0.3) is 0 Å². The molecule has 2 bridgehead atoms. The van der Waals surface area contributed by atoms with Crippen molar-refractivity contribution in [2.24, 2.45) is 0 Å². The first-order valence-electron chi connectivity index (χ1n) is 6.02. The summed E-state index contributed by atoms with van der Waals surface area (Å²) in [7, 11) is 0. The van der Waals surface area contributed by atoms with Crippen molar-refractivity contribution in [3.05, 3.63) is 22.6 Å². The molecular weight excluding hydrogens is 268 g/mol. The molecule has 4 heteroatoms. The Morgan fingerprint density at radius 3 is 3.00 bits per heavy atom. The molecule has 1 aromatic rings. The third kappa shape index (κ3) is 2.34. The van der Waals surface area contributed by atoms with Gasteiger partial charge in [0.1, 0.15) is 5.76 Å². The maximum Gasteiger partial charge on any atom is 0.169 e. The van der Waals surface area contributed by atoms with E-state index in [1.807, 2.05) is 6.07 Å². The SMILES string of the molecule is Brc1ccc(CN2CCC3CCC(C2)N3)o1. The summed E-state index contributed by atoms with van der Waals surface area (Å²) in [6, 6.07) is 5.49. The first kappa shape index (κ1) is 10.8. The smallest absolute Gasteiger partial charge is 0.169 e. The molecule has 2 atom stereocenters. The van der Waals surface area contributed by atoms with Gasteiger partial charge in [0, 0.05) is 25.2 Å². The molecule has 1 N–H and O–H groups in total. The molecule has 0 aromatic carbocycles. The molecule has 16 heavy (non-hydrogen) atoms. The lowest BCUT2D eigenvalue weighted by atomic mass is 10.1. The minimum atomic E-state index is 0.700. The molecule has 0 amide bonds. The van der Waals surface area contributed by atoms with Crippen LogP contribution in [0.2, 0.25) is 0 Å². The summed E-state index contributed by atoms with van der Waals surface area (Å²) >= 11 is 3.35. The molecular formula is C12H17BrN2O. The minimum absolute atomic E-state index is 0.700. The molecule has 0 spiro atoms. The van der Waals surface area contributed by atoms with Crippen LogP contribution in [0.1, 0.15) is 25.0 Å². The number of hydrogen-bond acceptors (Lipinski definition) is 3. The van der Waals surface area contributed by atoms with Crippen molar-refractivity contribution in [1.82, 2.24) is 10.2 Å². The van der Waals surface area contributed by atoms with Gasteiger partial charge in [-0.2, -0.15) is 0 Å². The molecule has 2 fully saturated rings. The Morgan fingerprint density at radius 2 is 2.19 bits per heavy atom. The molecule has 2 aliphatic rings. The zero-order valence-corrected chi connectivity index (χ0v) is 10.9. The van der Waals surface area contributed by atoms with Crippen LogP contribution < -0.4 is 5.32 Å². The van der Waals surface area contributed by atoms with Crippen molar-refractivity contribution in [2.75, 3.05) is 13.1 Å².